The molecule has 0 spiro atoms. The molecule has 1 aromatic heterocycles. The van der Waals surface area contributed by atoms with Crippen LogP contribution >= 0.6 is 15.9 Å². The van der Waals surface area contributed by atoms with Gasteiger partial charge in [-0.15, -0.1) is 0 Å². The number of carboxylic acid groups (broad SMARTS) is 1. The van der Waals surface area contributed by atoms with E-state index in [2.05, 4.69) is 32.3 Å². The van der Waals surface area contributed by atoms with Crippen LogP contribution in [-0.4, -0.2) is 35.3 Å². The Morgan fingerprint density at radius 1 is 1.43 bits per heavy atom. The average molecular weight is 367 g/mol. The van der Waals surface area contributed by atoms with Gasteiger partial charge in [0.2, 0.25) is 0 Å². The SMILES string of the molecule is Brc1cnc2c(c1)CCC1CNCC21.O=C(O)C(F)(F)F. The molecule has 1 aromatic rings. The number of aliphatic carboxylic acids is 1. The van der Waals surface area contributed by atoms with Crippen LogP contribution in [0.25, 0.3) is 0 Å². The minimum Gasteiger partial charge on any atom is -0.475 e. The average Bonchev–Trinajstić information content (AvgIpc) is 2.86. The fourth-order valence-electron chi connectivity index (χ4n) is 2.72. The number of rotatable bonds is 0. The third-order valence-electron chi connectivity index (χ3n) is 3.69. The number of halogens is 4. The molecule has 0 saturated carbocycles. The van der Waals surface area contributed by atoms with E-state index in [-0.39, 0.29) is 0 Å². The Hall–Kier alpha value is -1.15. The predicted octanol–water partition coefficient (Wildman–Crippen LogP) is 2.73. The number of nitrogens with zero attached hydrogens (tertiary/aromatic N) is 1. The van der Waals surface area contributed by atoms with E-state index < -0.39 is 12.1 Å². The van der Waals surface area contributed by atoms with Gasteiger partial charge < -0.3 is 10.4 Å². The summed E-state index contributed by atoms with van der Waals surface area (Å²) >= 11 is 3.48. The highest BCUT2D eigenvalue weighted by atomic mass is 79.9. The standard InChI is InChI=1S/C11H13BrN2.C2HF3O2/c12-9-3-7-1-2-8-4-13-6-10(8)11(7)14-5-9;3-2(4,5)1(6)7/h3,5,8,10,13H,1-2,4,6H2;(H,6,7). The Labute approximate surface area is 127 Å². The zero-order valence-corrected chi connectivity index (χ0v) is 12.5. The molecule has 3 rings (SSSR count). The maximum absolute atomic E-state index is 10.6. The normalized spacial score (nSPS) is 23.6. The number of carboxylic acids is 1. The molecule has 4 nitrogen and oxygen atoms in total. The Bertz CT molecular complexity index is 537. The van der Waals surface area contributed by atoms with Crippen LogP contribution in [0.3, 0.4) is 0 Å². The molecule has 2 heterocycles. The maximum Gasteiger partial charge on any atom is 0.490 e. The Kier molecular flexibility index (Phi) is 4.88. The maximum atomic E-state index is 10.6. The molecule has 0 aromatic carbocycles. The molecule has 1 saturated heterocycles. The Morgan fingerprint density at radius 3 is 2.71 bits per heavy atom. The molecule has 2 unspecified atom stereocenters. The molecule has 1 aliphatic heterocycles. The zero-order valence-electron chi connectivity index (χ0n) is 11.0. The van der Waals surface area contributed by atoms with Crippen molar-refractivity contribution in [1.82, 2.24) is 10.3 Å². The third kappa shape index (κ3) is 3.94. The summed E-state index contributed by atoms with van der Waals surface area (Å²) in [5.74, 6) is -1.25. The summed E-state index contributed by atoms with van der Waals surface area (Å²) in [4.78, 5) is 13.5. The molecule has 2 aliphatic rings. The van der Waals surface area contributed by atoms with Gasteiger partial charge in [0, 0.05) is 28.8 Å². The molecule has 0 bridgehead atoms. The Morgan fingerprint density at radius 2 is 2.10 bits per heavy atom. The van der Waals surface area contributed by atoms with Gasteiger partial charge in [-0.25, -0.2) is 4.79 Å². The fourth-order valence-corrected chi connectivity index (χ4v) is 3.10. The number of pyridine rings is 1. The molecular weight excluding hydrogens is 353 g/mol. The second-order valence-electron chi connectivity index (χ2n) is 5.06. The largest absolute Gasteiger partial charge is 0.490 e. The van der Waals surface area contributed by atoms with Gasteiger partial charge in [-0.3, -0.25) is 4.98 Å². The molecular formula is C13H14BrF3N2O2. The number of aromatic nitrogens is 1. The highest BCUT2D eigenvalue weighted by Gasteiger charge is 2.38. The molecule has 2 N–H and O–H groups in total. The summed E-state index contributed by atoms with van der Waals surface area (Å²) in [6.45, 7) is 2.30. The monoisotopic (exact) mass is 366 g/mol. The van der Waals surface area contributed by atoms with Crippen LogP contribution in [0.2, 0.25) is 0 Å². The summed E-state index contributed by atoms with van der Waals surface area (Å²) in [6, 6.07) is 2.23. The van der Waals surface area contributed by atoms with E-state index in [1.807, 2.05) is 6.20 Å². The van der Waals surface area contributed by atoms with E-state index in [4.69, 9.17) is 9.90 Å². The van der Waals surface area contributed by atoms with Crippen LogP contribution in [-0.2, 0) is 11.2 Å². The molecule has 0 radical (unpaired) electrons. The van der Waals surface area contributed by atoms with Crippen molar-refractivity contribution in [2.45, 2.75) is 24.9 Å². The summed E-state index contributed by atoms with van der Waals surface area (Å²) in [5, 5.41) is 10.6. The molecule has 2 atom stereocenters. The van der Waals surface area contributed by atoms with Gasteiger partial charge >= 0.3 is 12.1 Å². The number of hydrogen-bond donors (Lipinski definition) is 2. The third-order valence-corrected chi connectivity index (χ3v) is 4.12. The first-order valence-electron chi connectivity index (χ1n) is 6.44. The van der Waals surface area contributed by atoms with E-state index in [0.717, 1.165) is 16.9 Å². The minimum atomic E-state index is -5.08. The van der Waals surface area contributed by atoms with Crippen molar-refractivity contribution in [3.05, 3.63) is 28.0 Å². The highest BCUT2D eigenvalue weighted by molar-refractivity contribution is 9.10. The first-order valence-corrected chi connectivity index (χ1v) is 7.23. The molecule has 116 valence electrons. The lowest BCUT2D eigenvalue weighted by Crippen LogP contribution is -2.21. The molecule has 1 aliphatic carbocycles. The summed E-state index contributed by atoms with van der Waals surface area (Å²) in [6.07, 6.45) is -0.632. The summed E-state index contributed by atoms with van der Waals surface area (Å²) in [5.41, 5.74) is 2.79. The minimum absolute atomic E-state index is 0.673. The quantitative estimate of drug-likeness (QED) is 0.740. The van der Waals surface area contributed by atoms with Crippen LogP contribution in [0.5, 0.6) is 0 Å². The number of alkyl halides is 3. The summed E-state index contributed by atoms with van der Waals surface area (Å²) in [7, 11) is 0. The fraction of sp³-hybridized carbons (Fsp3) is 0.538. The number of aryl methyl sites for hydroxylation is 1. The Balaban J connectivity index is 0.000000199. The number of hydrogen-bond acceptors (Lipinski definition) is 3. The van der Waals surface area contributed by atoms with Crippen molar-refractivity contribution < 1.29 is 23.1 Å². The van der Waals surface area contributed by atoms with Gasteiger partial charge in [-0.05, 0) is 52.9 Å². The second-order valence-corrected chi connectivity index (χ2v) is 5.98. The summed E-state index contributed by atoms with van der Waals surface area (Å²) < 4.78 is 32.8. The predicted molar refractivity (Wildman–Crippen MR) is 73.0 cm³/mol. The molecule has 0 amide bonds. The lowest BCUT2D eigenvalue weighted by molar-refractivity contribution is -0.192. The lowest BCUT2D eigenvalue weighted by Gasteiger charge is -2.26. The smallest absolute Gasteiger partial charge is 0.475 e. The van der Waals surface area contributed by atoms with Crippen molar-refractivity contribution in [2.75, 3.05) is 13.1 Å². The van der Waals surface area contributed by atoms with Crippen molar-refractivity contribution >= 4 is 21.9 Å². The van der Waals surface area contributed by atoms with Gasteiger partial charge in [-0.1, -0.05) is 0 Å². The lowest BCUT2D eigenvalue weighted by atomic mass is 9.80. The van der Waals surface area contributed by atoms with Crippen LogP contribution in [0.4, 0.5) is 13.2 Å². The van der Waals surface area contributed by atoms with Crippen molar-refractivity contribution in [3.63, 3.8) is 0 Å². The van der Waals surface area contributed by atoms with Crippen LogP contribution in [0.15, 0.2) is 16.7 Å². The number of fused-ring (bicyclic) bond motifs is 3. The van der Waals surface area contributed by atoms with E-state index >= 15 is 0 Å². The van der Waals surface area contributed by atoms with Crippen LogP contribution in [0, 0.1) is 5.92 Å². The van der Waals surface area contributed by atoms with E-state index in [9.17, 15) is 13.2 Å². The topological polar surface area (TPSA) is 62.2 Å². The number of carbonyl (C=O) groups is 1. The van der Waals surface area contributed by atoms with Gasteiger partial charge in [0.05, 0.1) is 0 Å². The van der Waals surface area contributed by atoms with E-state index in [1.54, 1.807) is 0 Å². The van der Waals surface area contributed by atoms with Crippen molar-refractivity contribution in [2.24, 2.45) is 5.92 Å². The highest BCUT2D eigenvalue weighted by Crippen LogP contribution is 2.37. The van der Waals surface area contributed by atoms with Crippen LogP contribution < -0.4 is 5.32 Å². The molecule has 1 fully saturated rings. The van der Waals surface area contributed by atoms with Crippen molar-refractivity contribution in [1.29, 1.82) is 0 Å². The van der Waals surface area contributed by atoms with Gasteiger partial charge in [-0.2, -0.15) is 13.2 Å². The first kappa shape index (κ1) is 16.2. The number of nitrogens with one attached hydrogen (secondary N) is 1. The first-order chi connectivity index (χ1) is 9.79. The zero-order chi connectivity index (χ0) is 15.6. The van der Waals surface area contributed by atoms with Crippen molar-refractivity contribution in [3.8, 4) is 0 Å². The van der Waals surface area contributed by atoms with Gasteiger partial charge in [0.1, 0.15) is 0 Å². The van der Waals surface area contributed by atoms with Gasteiger partial charge in [0.15, 0.2) is 0 Å². The van der Waals surface area contributed by atoms with E-state index in [1.165, 1.54) is 30.6 Å². The van der Waals surface area contributed by atoms with E-state index in [0.29, 0.717) is 5.92 Å². The molecule has 21 heavy (non-hydrogen) atoms. The second kappa shape index (κ2) is 6.31. The van der Waals surface area contributed by atoms with Crippen LogP contribution in [0.1, 0.15) is 23.6 Å². The van der Waals surface area contributed by atoms with Gasteiger partial charge in [0.25, 0.3) is 0 Å². The molecule has 8 heteroatoms.